The standard InChI is InChI=1S/C25H27FN4O4S.H2/c1-24(2,3)34-23(31)28-11-17-9-19-16(10-27-17)7-8-18(22(19)26)20-5-4-6-21(29-20)30-12-25(13-30)14-35(32,33)15-25;/h4-10H,11-15H2,1-3H3,(H,28,31);1H. The third-order valence-corrected chi connectivity index (χ3v) is 8.25. The number of aromatic nitrogens is 2. The summed E-state index contributed by atoms with van der Waals surface area (Å²) in [4.78, 5) is 22.9. The summed E-state index contributed by atoms with van der Waals surface area (Å²) in [5, 5.41) is 3.66. The SMILES string of the molecule is CC(C)(C)OC(=O)NCc1cc2c(F)c(-c3cccc(N4CC5(C4)CS(=O)(=O)C5)n3)ccc2cn1.[HH]. The first-order chi connectivity index (χ1) is 16.4. The van der Waals surface area contributed by atoms with Gasteiger partial charge in [-0.1, -0.05) is 12.1 Å². The molecule has 0 aliphatic carbocycles. The van der Waals surface area contributed by atoms with Crippen molar-refractivity contribution in [2.45, 2.75) is 32.9 Å². The molecule has 10 heteroatoms. The first kappa shape index (κ1) is 23.5. The van der Waals surface area contributed by atoms with E-state index in [0.717, 1.165) is 0 Å². The minimum atomic E-state index is -2.89. The van der Waals surface area contributed by atoms with Crippen LogP contribution in [0.5, 0.6) is 0 Å². The summed E-state index contributed by atoms with van der Waals surface area (Å²) in [5.74, 6) is 0.746. The number of nitrogens with one attached hydrogen (secondary N) is 1. The van der Waals surface area contributed by atoms with Crippen molar-refractivity contribution in [3.8, 4) is 11.3 Å². The van der Waals surface area contributed by atoms with Gasteiger partial charge >= 0.3 is 6.09 Å². The number of carbonyl (C=O) groups excluding carboxylic acids is 1. The number of halogens is 1. The number of nitrogens with zero attached hydrogens (tertiary/aromatic N) is 3. The monoisotopic (exact) mass is 500 g/mol. The molecule has 1 spiro atoms. The van der Waals surface area contributed by atoms with Crippen molar-refractivity contribution in [1.29, 1.82) is 0 Å². The van der Waals surface area contributed by atoms with Crippen molar-refractivity contribution in [2.24, 2.45) is 5.41 Å². The van der Waals surface area contributed by atoms with Crippen molar-refractivity contribution in [1.82, 2.24) is 15.3 Å². The second kappa shape index (κ2) is 8.15. The Labute approximate surface area is 204 Å². The van der Waals surface area contributed by atoms with Crippen molar-refractivity contribution < 1.29 is 23.8 Å². The Balaban J connectivity index is 0.00000304. The summed E-state index contributed by atoms with van der Waals surface area (Å²) in [7, 11) is -2.89. The minimum absolute atomic E-state index is 0. The van der Waals surface area contributed by atoms with Gasteiger partial charge in [-0.3, -0.25) is 4.98 Å². The Morgan fingerprint density at radius 2 is 1.97 bits per heavy atom. The molecule has 1 N–H and O–H groups in total. The number of anilines is 1. The van der Waals surface area contributed by atoms with Crippen molar-refractivity contribution >= 4 is 32.5 Å². The van der Waals surface area contributed by atoms with E-state index >= 15 is 4.39 Å². The van der Waals surface area contributed by atoms with Crippen LogP contribution in [0.3, 0.4) is 0 Å². The number of hydrogen-bond donors (Lipinski definition) is 1. The highest BCUT2D eigenvalue weighted by molar-refractivity contribution is 7.92. The molecule has 2 saturated heterocycles. The molecule has 0 atom stereocenters. The van der Waals surface area contributed by atoms with E-state index in [4.69, 9.17) is 4.74 Å². The van der Waals surface area contributed by atoms with E-state index in [-0.39, 0.29) is 24.9 Å². The van der Waals surface area contributed by atoms with Gasteiger partial charge in [0.15, 0.2) is 9.84 Å². The van der Waals surface area contributed by atoms with Crippen LogP contribution in [-0.2, 0) is 21.1 Å². The molecule has 8 nitrogen and oxygen atoms in total. The summed E-state index contributed by atoms with van der Waals surface area (Å²) in [6.07, 6.45) is 1.01. The van der Waals surface area contributed by atoms with Crippen LogP contribution in [0.25, 0.3) is 22.0 Å². The molecule has 0 saturated carbocycles. The number of amides is 1. The number of carbonyl (C=O) groups is 1. The summed E-state index contributed by atoms with van der Waals surface area (Å²) in [6, 6.07) is 10.5. The van der Waals surface area contributed by atoms with Gasteiger partial charge in [0, 0.05) is 42.5 Å². The molecule has 3 aromatic rings. The molecule has 0 radical (unpaired) electrons. The average molecular weight is 501 g/mol. The van der Waals surface area contributed by atoms with Gasteiger partial charge in [-0.15, -0.1) is 0 Å². The molecular formula is C25H29FN4O4S. The molecule has 2 aliphatic rings. The molecule has 2 aromatic heterocycles. The van der Waals surface area contributed by atoms with Crippen LogP contribution in [0.4, 0.5) is 15.0 Å². The Hall–Kier alpha value is -3.27. The van der Waals surface area contributed by atoms with Gasteiger partial charge in [0.25, 0.3) is 0 Å². The average Bonchev–Trinajstić information content (AvgIpc) is 2.73. The number of alkyl carbamates (subject to hydrolysis) is 1. The van der Waals surface area contributed by atoms with Gasteiger partial charge in [-0.25, -0.2) is 22.6 Å². The molecule has 186 valence electrons. The normalized spacial score (nSPS) is 18.1. The molecular weight excluding hydrogens is 471 g/mol. The number of benzene rings is 1. The molecule has 0 unspecified atom stereocenters. The fourth-order valence-corrected chi connectivity index (χ4v) is 6.89. The van der Waals surface area contributed by atoms with Crippen LogP contribution in [-0.4, -0.2) is 54.7 Å². The fourth-order valence-electron chi connectivity index (χ4n) is 4.74. The number of fused-ring (bicyclic) bond motifs is 1. The zero-order valence-corrected chi connectivity index (χ0v) is 20.7. The molecule has 4 heterocycles. The lowest BCUT2D eigenvalue weighted by molar-refractivity contribution is 0.0523. The number of ether oxygens (including phenoxy) is 1. The molecule has 5 rings (SSSR count). The van der Waals surface area contributed by atoms with E-state index in [1.54, 1.807) is 51.2 Å². The topological polar surface area (TPSA) is 101 Å². The van der Waals surface area contributed by atoms with Gasteiger partial charge in [0.2, 0.25) is 0 Å². The highest BCUT2D eigenvalue weighted by atomic mass is 32.2. The van der Waals surface area contributed by atoms with Crippen molar-refractivity contribution in [3.05, 3.63) is 54.1 Å². The Morgan fingerprint density at radius 3 is 2.66 bits per heavy atom. The Kier molecular flexibility index (Phi) is 5.47. The van der Waals surface area contributed by atoms with Gasteiger partial charge < -0.3 is 15.0 Å². The highest BCUT2D eigenvalue weighted by Gasteiger charge is 2.56. The van der Waals surface area contributed by atoms with Crippen LogP contribution >= 0.6 is 0 Å². The van der Waals surface area contributed by atoms with E-state index in [9.17, 15) is 13.2 Å². The largest absolute Gasteiger partial charge is 0.444 e. The van der Waals surface area contributed by atoms with Crippen LogP contribution in [0.1, 0.15) is 27.9 Å². The van der Waals surface area contributed by atoms with Crippen molar-refractivity contribution in [3.63, 3.8) is 0 Å². The fraction of sp³-hybridized carbons (Fsp3) is 0.400. The smallest absolute Gasteiger partial charge is 0.407 e. The molecule has 2 fully saturated rings. The predicted octanol–water partition coefficient (Wildman–Crippen LogP) is 3.94. The Morgan fingerprint density at radius 1 is 1.23 bits per heavy atom. The second-order valence-electron chi connectivity index (χ2n) is 10.4. The van der Waals surface area contributed by atoms with E-state index in [1.165, 1.54) is 0 Å². The van der Waals surface area contributed by atoms with E-state index in [2.05, 4.69) is 15.3 Å². The Bertz CT molecular complexity index is 1420. The summed E-state index contributed by atoms with van der Waals surface area (Å²) in [6.45, 7) is 6.72. The number of rotatable bonds is 4. The zero-order chi connectivity index (χ0) is 25.0. The summed E-state index contributed by atoms with van der Waals surface area (Å²) >= 11 is 0. The van der Waals surface area contributed by atoms with Gasteiger partial charge in [0.05, 0.1) is 29.4 Å². The van der Waals surface area contributed by atoms with Crippen LogP contribution in [0, 0.1) is 11.2 Å². The van der Waals surface area contributed by atoms with Crippen molar-refractivity contribution in [2.75, 3.05) is 29.5 Å². The van der Waals surface area contributed by atoms with Crippen LogP contribution in [0.2, 0.25) is 0 Å². The van der Waals surface area contributed by atoms with E-state index in [1.807, 2.05) is 17.0 Å². The summed E-state index contributed by atoms with van der Waals surface area (Å²) in [5.41, 5.74) is 0.590. The maximum absolute atomic E-state index is 15.6. The maximum Gasteiger partial charge on any atom is 0.407 e. The molecule has 35 heavy (non-hydrogen) atoms. The minimum Gasteiger partial charge on any atom is -0.444 e. The van der Waals surface area contributed by atoms with Gasteiger partial charge in [-0.05, 0) is 45.0 Å². The van der Waals surface area contributed by atoms with E-state index < -0.39 is 27.3 Å². The highest BCUT2D eigenvalue weighted by Crippen LogP contribution is 2.43. The molecule has 1 aromatic carbocycles. The van der Waals surface area contributed by atoms with Crippen LogP contribution < -0.4 is 10.2 Å². The lowest BCUT2D eigenvalue weighted by atomic mass is 9.83. The number of hydrogen-bond acceptors (Lipinski definition) is 7. The lowest BCUT2D eigenvalue weighted by Crippen LogP contribution is -2.68. The molecule has 2 aliphatic heterocycles. The predicted molar refractivity (Wildman–Crippen MR) is 133 cm³/mol. The third-order valence-electron chi connectivity index (χ3n) is 6.15. The molecule has 0 bridgehead atoms. The number of pyridine rings is 2. The molecule has 1 amide bonds. The number of sulfone groups is 1. The zero-order valence-electron chi connectivity index (χ0n) is 19.8. The quantitative estimate of drug-likeness (QED) is 0.579. The third kappa shape index (κ3) is 4.80. The van der Waals surface area contributed by atoms with Crippen LogP contribution in [0.15, 0.2) is 42.6 Å². The first-order valence-corrected chi connectivity index (χ1v) is 13.2. The first-order valence-electron chi connectivity index (χ1n) is 11.4. The van der Waals surface area contributed by atoms with Gasteiger partial charge in [-0.2, -0.15) is 0 Å². The maximum atomic E-state index is 15.6. The van der Waals surface area contributed by atoms with E-state index in [0.29, 0.717) is 46.6 Å². The van der Waals surface area contributed by atoms with Gasteiger partial charge in [0.1, 0.15) is 17.2 Å². The summed E-state index contributed by atoms with van der Waals surface area (Å²) < 4.78 is 44.0. The lowest BCUT2D eigenvalue weighted by Gasteiger charge is -2.55. The second-order valence-corrected chi connectivity index (χ2v) is 12.5.